The van der Waals surface area contributed by atoms with Gasteiger partial charge in [0, 0.05) is 6.54 Å². The summed E-state index contributed by atoms with van der Waals surface area (Å²) in [5.74, 6) is 0.725. The van der Waals surface area contributed by atoms with Gasteiger partial charge in [-0.3, -0.25) is 9.59 Å². The molecule has 3 unspecified atom stereocenters. The first kappa shape index (κ1) is 34.9. The van der Waals surface area contributed by atoms with Crippen LogP contribution >= 0.6 is 0 Å². The van der Waals surface area contributed by atoms with Crippen LogP contribution in [0.25, 0.3) is 0 Å². The average molecular weight is 554 g/mol. The second kappa shape index (κ2) is 16.9. The summed E-state index contributed by atoms with van der Waals surface area (Å²) in [5.41, 5.74) is 4.30. The first-order valence-corrected chi connectivity index (χ1v) is 14.6. The molecule has 1 aliphatic rings. The van der Waals surface area contributed by atoms with Crippen LogP contribution in [0, 0.1) is 23.7 Å². The summed E-state index contributed by atoms with van der Waals surface area (Å²) in [6.07, 6.45) is 8.54. The Labute approximate surface area is 236 Å². The summed E-state index contributed by atoms with van der Waals surface area (Å²) in [6, 6.07) is -0.727. The maximum atomic E-state index is 12.3. The molecule has 3 amide bonds. The van der Waals surface area contributed by atoms with Gasteiger partial charge in [0.15, 0.2) is 0 Å². The van der Waals surface area contributed by atoms with Gasteiger partial charge < -0.3 is 30.6 Å². The number of amides is 3. The van der Waals surface area contributed by atoms with Crippen LogP contribution in [0.1, 0.15) is 93.4 Å². The standard InChI is InChI=1S/C30H55N3O6/c1-9-11-13-22-23(14-12-10-2)24(22)19-37-28(36)32-17-15-29(5,6)38-18-16-30(7,8)39-20-25(34)33-26(21(3)4)27(31)35/h9,21-24,26H,1,10-20H2,2-8H3,(H2,31,35)(H,32,36)(H,33,34)/t22?,23?,24?,26-/m0/s1. The molecule has 1 fully saturated rings. The number of hydrogen-bond donors (Lipinski definition) is 3. The lowest BCUT2D eigenvalue weighted by atomic mass is 10.0. The molecule has 0 aromatic heterocycles. The van der Waals surface area contributed by atoms with Gasteiger partial charge >= 0.3 is 6.09 Å². The minimum Gasteiger partial charge on any atom is -0.449 e. The minimum atomic E-state index is -0.727. The molecule has 226 valence electrons. The summed E-state index contributed by atoms with van der Waals surface area (Å²) < 4.78 is 17.3. The monoisotopic (exact) mass is 553 g/mol. The van der Waals surface area contributed by atoms with E-state index in [0.29, 0.717) is 50.4 Å². The molecular formula is C30H55N3O6. The maximum absolute atomic E-state index is 12.3. The zero-order valence-corrected chi connectivity index (χ0v) is 25.5. The Hall–Kier alpha value is -2.13. The highest BCUT2D eigenvalue weighted by atomic mass is 16.5. The first-order valence-electron chi connectivity index (χ1n) is 14.6. The molecule has 0 saturated heterocycles. The van der Waals surface area contributed by atoms with E-state index in [2.05, 4.69) is 24.1 Å². The van der Waals surface area contributed by atoms with Crippen molar-refractivity contribution in [2.45, 2.75) is 111 Å². The smallest absolute Gasteiger partial charge is 0.407 e. The van der Waals surface area contributed by atoms with E-state index in [-0.39, 0.29) is 24.5 Å². The molecule has 4 N–H and O–H groups in total. The number of allylic oxidation sites excluding steroid dienone is 1. The lowest BCUT2D eigenvalue weighted by Crippen LogP contribution is -2.49. The molecule has 0 spiro atoms. The number of rotatable bonds is 21. The average Bonchev–Trinajstić information content (AvgIpc) is 3.52. The van der Waals surface area contributed by atoms with Crippen molar-refractivity contribution in [2.75, 3.05) is 26.4 Å². The molecule has 1 rings (SSSR count). The van der Waals surface area contributed by atoms with Crippen LogP contribution in [0.15, 0.2) is 12.7 Å². The van der Waals surface area contributed by atoms with Gasteiger partial charge in [-0.15, -0.1) is 6.58 Å². The summed E-state index contributed by atoms with van der Waals surface area (Å²) >= 11 is 0. The number of nitrogens with two attached hydrogens (primary N) is 1. The first-order chi connectivity index (χ1) is 18.2. The number of carbonyl (C=O) groups is 3. The van der Waals surface area contributed by atoms with Crippen LogP contribution in [-0.2, 0) is 23.8 Å². The third kappa shape index (κ3) is 14.2. The minimum absolute atomic E-state index is 0.104. The van der Waals surface area contributed by atoms with Crippen LogP contribution in [0.3, 0.4) is 0 Å². The molecule has 0 radical (unpaired) electrons. The van der Waals surface area contributed by atoms with Crippen molar-refractivity contribution in [3.63, 3.8) is 0 Å². The molecule has 39 heavy (non-hydrogen) atoms. The van der Waals surface area contributed by atoms with Gasteiger partial charge in [0.05, 0.1) is 24.4 Å². The van der Waals surface area contributed by atoms with Gasteiger partial charge in [-0.1, -0.05) is 39.7 Å². The number of primary amides is 1. The highest BCUT2D eigenvalue weighted by Gasteiger charge is 2.48. The molecule has 0 aromatic rings. The Morgan fingerprint density at radius 2 is 1.64 bits per heavy atom. The third-order valence-electron chi connectivity index (χ3n) is 7.59. The summed E-state index contributed by atoms with van der Waals surface area (Å²) in [6.45, 7) is 18.6. The molecule has 0 heterocycles. The van der Waals surface area contributed by atoms with E-state index in [1.807, 2.05) is 47.6 Å². The zero-order valence-electron chi connectivity index (χ0n) is 25.5. The van der Waals surface area contributed by atoms with Crippen molar-refractivity contribution in [1.82, 2.24) is 10.6 Å². The number of carbonyl (C=O) groups excluding carboxylic acids is 3. The lowest BCUT2D eigenvalue weighted by molar-refractivity contribution is -0.137. The Kier molecular flexibility index (Phi) is 15.1. The highest BCUT2D eigenvalue weighted by molar-refractivity contribution is 5.87. The van der Waals surface area contributed by atoms with E-state index in [1.54, 1.807) is 0 Å². The number of alkyl carbamates (subject to hydrolysis) is 1. The molecule has 9 nitrogen and oxygen atoms in total. The van der Waals surface area contributed by atoms with Crippen LogP contribution in [0.5, 0.6) is 0 Å². The van der Waals surface area contributed by atoms with E-state index in [1.165, 1.54) is 19.3 Å². The number of nitrogens with one attached hydrogen (secondary N) is 2. The third-order valence-corrected chi connectivity index (χ3v) is 7.59. The van der Waals surface area contributed by atoms with Gasteiger partial charge in [0.1, 0.15) is 12.6 Å². The second-order valence-corrected chi connectivity index (χ2v) is 12.4. The van der Waals surface area contributed by atoms with Crippen molar-refractivity contribution in [3.05, 3.63) is 12.7 Å². The van der Waals surface area contributed by atoms with Crippen molar-refractivity contribution in [3.8, 4) is 0 Å². The fraction of sp³-hybridized carbons (Fsp3) is 0.833. The number of hydrogen-bond acceptors (Lipinski definition) is 6. The SMILES string of the molecule is C=CCCC1C(CCCC)C1COC(=O)NCCC(C)(C)OCCC(C)(C)OCC(=O)N[C@H](C(N)=O)C(C)C. The van der Waals surface area contributed by atoms with Gasteiger partial charge in [-0.2, -0.15) is 0 Å². The molecule has 0 aromatic carbocycles. The lowest BCUT2D eigenvalue weighted by Gasteiger charge is -2.30. The van der Waals surface area contributed by atoms with Gasteiger partial charge in [0.25, 0.3) is 0 Å². The fourth-order valence-corrected chi connectivity index (χ4v) is 4.83. The topological polar surface area (TPSA) is 129 Å². The predicted molar refractivity (Wildman–Crippen MR) is 154 cm³/mol. The molecule has 0 aliphatic heterocycles. The van der Waals surface area contributed by atoms with Crippen LogP contribution in [-0.4, -0.2) is 61.5 Å². The molecule has 1 aliphatic carbocycles. The number of unbranched alkanes of at least 4 members (excludes halogenated alkanes) is 1. The van der Waals surface area contributed by atoms with Gasteiger partial charge in [-0.05, 0) is 83.5 Å². The number of ether oxygens (including phenoxy) is 3. The van der Waals surface area contributed by atoms with E-state index in [9.17, 15) is 14.4 Å². The summed E-state index contributed by atoms with van der Waals surface area (Å²) in [4.78, 5) is 35.9. The quantitative estimate of drug-likeness (QED) is 0.176. The van der Waals surface area contributed by atoms with Crippen molar-refractivity contribution < 1.29 is 28.6 Å². The normalized spacial score (nSPS) is 19.8. The molecule has 4 atom stereocenters. The van der Waals surface area contributed by atoms with Gasteiger partial charge in [-0.25, -0.2) is 4.79 Å². The summed E-state index contributed by atoms with van der Waals surface area (Å²) in [5, 5.41) is 5.47. The van der Waals surface area contributed by atoms with E-state index in [0.717, 1.165) is 12.8 Å². The fourth-order valence-electron chi connectivity index (χ4n) is 4.83. The maximum Gasteiger partial charge on any atom is 0.407 e. The zero-order chi connectivity index (χ0) is 29.6. The van der Waals surface area contributed by atoms with Crippen LogP contribution in [0.4, 0.5) is 4.79 Å². The Bertz CT molecular complexity index is 783. The van der Waals surface area contributed by atoms with E-state index in [4.69, 9.17) is 19.9 Å². The molecule has 0 bridgehead atoms. The van der Waals surface area contributed by atoms with Gasteiger partial charge in [0.2, 0.25) is 11.8 Å². The van der Waals surface area contributed by atoms with Crippen LogP contribution < -0.4 is 16.4 Å². The van der Waals surface area contributed by atoms with E-state index >= 15 is 0 Å². The summed E-state index contributed by atoms with van der Waals surface area (Å²) in [7, 11) is 0. The molecular weight excluding hydrogens is 498 g/mol. The largest absolute Gasteiger partial charge is 0.449 e. The Morgan fingerprint density at radius 3 is 2.23 bits per heavy atom. The Balaban J connectivity index is 2.29. The van der Waals surface area contributed by atoms with Crippen molar-refractivity contribution in [1.29, 1.82) is 0 Å². The van der Waals surface area contributed by atoms with Crippen molar-refractivity contribution in [2.24, 2.45) is 29.4 Å². The molecule has 9 heteroatoms. The predicted octanol–water partition coefficient (Wildman–Crippen LogP) is 4.73. The van der Waals surface area contributed by atoms with Crippen LogP contribution in [0.2, 0.25) is 0 Å². The highest BCUT2D eigenvalue weighted by Crippen LogP contribution is 2.52. The Morgan fingerprint density at radius 1 is 1.00 bits per heavy atom. The van der Waals surface area contributed by atoms with Crippen molar-refractivity contribution >= 4 is 17.9 Å². The second-order valence-electron chi connectivity index (χ2n) is 12.4. The van der Waals surface area contributed by atoms with E-state index < -0.39 is 23.2 Å². The molecule has 1 saturated carbocycles.